The van der Waals surface area contributed by atoms with Crippen LogP contribution in [0.5, 0.6) is 0 Å². The molecule has 74 valence electrons. The van der Waals surface area contributed by atoms with Gasteiger partial charge in [-0.25, -0.2) is 0 Å². The molecule has 0 aliphatic carbocycles. The largest absolute Gasteiger partial charge is 0.481 e. The normalized spacial score (nSPS) is 9.43. The molecular weight excluding hydrogens is 190 g/mol. The third-order valence-electron chi connectivity index (χ3n) is 1.31. The minimum atomic E-state index is -1.30. The summed E-state index contributed by atoms with van der Waals surface area (Å²) in [5, 5.41) is 10.1. The topological polar surface area (TPSA) is 96.6 Å². The van der Waals surface area contributed by atoms with E-state index in [-0.39, 0.29) is 5.76 Å². The highest BCUT2D eigenvalue weighted by molar-refractivity contribution is 6.07. The number of nitrogens with one attached hydrogen (secondary N) is 1. The highest BCUT2D eigenvalue weighted by Crippen LogP contribution is 1.98. The lowest BCUT2D eigenvalue weighted by Crippen LogP contribution is -2.31. The Kier molecular flexibility index (Phi) is 3.01. The van der Waals surface area contributed by atoms with Gasteiger partial charge in [0.25, 0.3) is 5.91 Å². The van der Waals surface area contributed by atoms with Crippen molar-refractivity contribution in [2.45, 2.75) is 6.42 Å². The second-order valence-corrected chi connectivity index (χ2v) is 2.43. The Labute approximate surface area is 78.5 Å². The summed E-state index contributed by atoms with van der Waals surface area (Å²) < 4.78 is 4.69. The van der Waals surface area contributed by atoms with Crippen molar-refractivity contribution in [2.75, 3.05) is 0 Å². The van der Waals surface area contributed by atoms with Gasteiger partial charge >= 0.3 is 5.97 Å². The molecule has 14 heavy (non-hydrogen) atoms. The number of amides is 2. The standard InChI is InChI=1S/C8H7NO5/c10-6(4-7(11)12)9-8(13)5-2-1-3-14-5/h1-3H,4H2,(H,11,12)(H,9,10,13). The Bertz CT molecular complexity index is 354. The zero-order valence-electron chi connectivity index (χ0n) is 7.02. The Hall–Kier alpha value is -2.11. The molecule has 0 atom stereocenters. The van der Waals surface area contributed by atoms with Gasteiger partial charge in [-0.05, 0) is 12.1 Å². The number of hydrogen-bond acceptors (Lipinski definition) is 4. The van der Waals surface area contributed by atoms with Crippen LogP contribution in [0.15, 0.2) is 22.8 Å². The smallest absolute Gasteiger partial charge is 0.312 e. The van der Waals surface area contributed by atoms with Gasteiger partial charge in [0, 0.05) is 0 Å². The average molecular weight is 197 g/mol. The van der Waals surface area contributed by atoms with Crippen LogP contribution in [-0.4, -0.2) is 22.9 Å². The van der Waals surface area contributed by atoms with Crippen LogP contribution in [0, 0.1) is 0 Å². The van der Waals surface area contributed by atoms with E-state index >= 15 is 0 Å². The van der Waals surface area contributed by atoms with Crippen LogP contribution in [0.25, 0.3) is 0 Å². The van der Waals surface area contributed by atoms with E-state index in [1.165, 1.54) is 18.4 Å². The number of carboxylic acid groups (broad SMARTS) is 1. The van der Waals surface area contributed by atoms with Gasteiger partial charge < -0.3 is 9.52 Å². The Balaban J connectivity index is 2.50. The highest BCUT2D eigenvalue weighted by Gasteiger charge is 2.14. The predicted molar refractivity (Wildman–Crippen MR) is 43.4 cm³/mol. The zero-order chi connectivity index (χ0) is 10.6. The molecule has 1 heterocycles. The molecule has 0 aliphatic heterocycles. The molecule has 0 unspecified atom stereocenters. The number of furan rings is 1. The molecule has 0 bridgehead atoms. The molecule has 2 N–H and O–H groups in total. The summed E-state index contributed by atoms with van der Waals surface area (Å²) in [6, 6.07) is 2.85. The minimum absolute atomic E-state index is 0.0382. The van der Waals surface area contributed by atoms with Crippen molar-refractivity contribution in [3.63, 3.8) is 0 Å². The van der Waals surface area contributed by atoms with Gasteiger partial charge in [-0.3, -0.25) is 19.7 Å². The first-order valence-corrected chi connectivity index (χ1v) is 3.69. The molecule has 6 nitrogen and oxygen atoms in total. The number of rotatable bonds is 3. The third-order valence-corrected chi connectivity index (χ3v) is 1.31. The van der Waals surface area contributed by atoms with Crippen molar-refractivity contribution in [1.82, 2.24) is 5.32 Å². The predicted octanol–water partition coefficient (Wildman–Crippen LogP) is 0.0107. The summed E-state index contributed by atoms with van der Waals surface area (Å²) >= 11 is 0. The maximum absolute atomic E-state index is 11.1. The number of imide groups is 1. The van der Waals surface area contributed by atoms with E-state index in [0.29, 0.717) is 0 Å². The molecule has 1 aromatic rings. The van der Waals surface area contributed by atoms with Crippen molar-refractivity contribution in [2.24, 2.45) is 0 Å². The molecular formula is C8H7NO5. The summed E-state index contributed by atoms with van der Waals surface area (Å²) in [5.41, 5.74) is 0. The van der Waals surface area contributed by atoms with Crippen molar-refractivity contribution in [1.29, 1.82) is 0 Å². The van der Waals surface area contributed by atoms with Gasteiger partial charge in [0.15, 0.2) is 5.76 Å². The molecule has 1 aromatic heterocycles. The molecule has 0 radical (unpaired) electrons. The Morgan fingerprint density at radius 2 is 2.14 bits per heavy atom. The van der Waals surface area contributed by atoms with E-state index < -0.39 is 24.2 Å². The number of aliphatic carboxylic acids is 1. The molecule has 0 saturated carbocycles. The van der Waals surface area contributed by atoms with Crippen molar-refractivity contribution < 1.29 is 23.9 Å². The van der Waals surface area contributed by atoms with Gasteiger partial charge in [-0.1, -0.05) is 0 Å². The van der Waals surface area contributed by atoms with Crippen molar-refractivity contribution >= 4 is 17.8 Å². The fraction of sp³-hybridized carbons (Fsp3) is 0.125. The minimum Gasteiger partial charge on any atom is -0.481 e. The van der Waals surface area contributed by atoms with Crippen LogP contribution in [-0.2, 0) is 9.59 Å². The van der Waals surface area contributed by atoms with E-state index in [4.69, 9.17) is 5.11 Å². The average Bonchev–Trinajstić information content (AvgIpc) is 2.53. The first-order chi connectivity index (χ1) is 6.59. The third kappa shape index (κ3) is 2.74. The van der Waals surface area contributed by atoms with Gasteiger partial charge in [0.05, 0.1) is 6.26 Å². The van der Waals surface area contributed by atoms with E-state index in [9.17, 15) is 14.4 Å². The zero-order valence-corrected chi connectivity index (χ0v) is 7.02. The summed E-state index contributed by atoms with van der Waals surface area (Å²) in [4.78, 5) is 32.0. The van der Waals surface area contributed by atoms with Gasteiger partial charge in [0.1, 0.15) is 6.42 Å². The quantitative estimate of drug-likeness (QED) is 0.665. The lowest BCUT2D eigenvalue weighted by Gasteiger charge is -1.98. The molecule has 0 fully saturated rings. The lowest BCUT2D eigenvalue weighted by atomic mass is 10.3. The fourth-order valence-corrected chi connectivity index (χ4v) is 0.778. The summed E-state index contributed by atoms with van der Waals surface area (Å²) in [6.45, 7) is 0. The van der Waals surface area contributed by atoms with Crippen LogP contribution < -0.4 is 5.32 Å². The molecule has 0 spiro atoms. The van der Waals surface area contributed by atoms with Crippen LogP contribution in [0.4, 0.5) is 0 Å². The number of carbonyl (C=O) groups excluding carboxylic acids is 2. The van der Waals surface area contributed by atoms with Crippen LogP contribution >= 0.6 is 0 Å². The first-order valence-electron chi connectivity index (χ1n) is 3.69. The fourth-order valence-electron chi connectivity index (χ4n) is 0.778. The van der Waals surface area contributed by atoms with Crippen molar-refractivity contribution in [3.05, 3.63) is 24.2 Å². The second-order valence-electron chi connectivity index (χ2n) is 2.43. The van der Waals surface area contributed by atoms with Gasteiger partial charge in [-0.2, -0.15) is 0 Å². The van der Waals surface area contributed by atoms with Crippen LogP contribution in [0.2, 0.25) is 0 Å². The monoisotopic (exact) mass is 197 g/mol. The maximum Gasteiger partial charge on any atom is 0.312 e. The molecule has 0 aliphatic rings. The van der Waals surface area contributed by atoms with Gasteiger partial charge in [0.2, 0.25) is 5.91 Å². The van der Waals surface area contributed by atoms with Crippen LogP contribution in [0.1, 0.15) is 17.0 Å². The maximum atomic E-state index is 11.1. The SMILES string of the molecule is O=C(O)CC(=O)NC(=O)c1ccco1. The molecule has 6 heteroatoms. The Morgan fingerprint density at radius 1 is 1.43 bits per heavy atom. The van der Waals surface area contributed by atoms with E-state index in [0.717, 1.165) is 0 Å². The lowest BCUT2D eigenvalue weighted by molar-refractivity contribution is -0.140. The summed E-state index contributed by atoms with van der Waals surface area (Å²) in [7, 11) is 0. The Morgan fingerprint density at radius 3 is 2.64 bits per heavy atom. The van der Waals surface area contributed by atoms with Crippen LogP contribution in [0.3, 0.4) is 0 Å². The molecule has 0 aromatic carbocycles. The number of carboxylic acids is 1. The highest BCUT2D eigenvalue weighted by atomic mass is 16.4. The van der Waals surface area contributed by atoms with Crippen molar-refractivity contribution in [3.8, 4) is 0 Å². The van der Waals surface area contributed by atoms with E-state index in [1.54, 1.807) is 0 Å². The second kappa shape index (κ2) is 4.22. The van der Waals surface area contributed by atoms with Gasteiger partial charge in [-0.15, -0.1) is 0 Å². The summed E-state index contributed by atoms with van der Waals surface area (Å²) in [5.74, 6) is -2.96. The molecule has 2 amide bonds. The first kappa shape index (κ1) is 9.97. The molecule has 1 rings (SSSR count). The summed E-state index contributed by atoms with van der Waals surface area (Å²) in [6.07, 6.45) is 0.531. The van der Waals surface area contributed by atoms with E-state index in [1.807, 2.05) is 5.32 Å². The van der Waals surface area contributed by atoms with E-state index in [2.05, 4.69) is 4.42 Å². The molecule has 0 saturated heterocycles. The number of hydrogen-bond donors (Lipinski definition) is 2. The number of carbonyl (C=O) groups is 3.